The molecule has 0 unspecified atom stereocenters. The minimum Gasteiger partial charge on any atom is -0.349 e. The van der Waals surface area contributed by atoms with Gasteiger partial charge in [-0.3, -0.25) is 9.59 Å². The van der Waals surface area contributed by atoms with Gasteiger partial charge in [0.1, 0.15) is 10.7 Å². The van der Waals surface area contributed by atoms with Crippen LogP contribution in [0.1, 0.15) is 12.5 Å². The zero-order valence-electron chi connectivity index (χ0n) is 13.1. The highest BCUT2D eigenvalue weighted by molar-refractivity contribution is 6.53. The van der Waals surface area contributed by atoms with Crippen LogP contribution in [0.25, 0.3) is 0 Å². The van der Waals surface area contributed by atoms with Crippen molar-refractivity contribution >= 4 is 58.0 Å². The topological polar surface area (TPSA) is 49.4 Å². The smallest absolute Gasteiger partial charge is 0.283 e. The maximum atomic E-state index is 12.8. The van der Waals surface area contributed by atoms with Crippen LogP contribution in [0.4, 0.5) is 11.4 Å². The molecule has 3 rings (SSSR count). The number of aryl methyl sites for hydroxylation is 1. The highest BCUT2D eigenvalue weighted by Crippen LogP contribution is 2.33. The first-order valence-electron chi connectivity index (χ1n) is 7.52. The van der Waals surface area contributed by atoms with Gasteiger partial charge in [-0.2, -0.15) is 0 Å². The van der Waals surface area contributed by atoms with E-state index < -0.39 is 11.8 Å². The first kappa shape index (κ1) is 17.8. The van der Waals surface area contributed by atoms with Crippen molar-refractivity contribution in [1.82, 2.24) is 0 Å². The van der Waals surface area contributed by atoms with E-state index in [2.05, 4.69) is 5.32 Å². The van der Waals surface area contributed by atoms with Gasteiger partial charge in [0.25, 0.3) is 11.8 Å². The quantitative estimate of drug-likeness (QED) is 0.742. The van der Waals surface area contributed by atoms with Crippen LogP contribution >= 0.6 is 34.8 Å². The highest BCUT2D eigenvalue weighted by atomic mass is 35.5. The van der Waals surface area contributed by atoms with Crippen molar-refractivity contribution in [1.29, 1.82) is 0 Å². The van der Waals surface area contributed by atoms with E-state index in [-0.39, 0.29) is 16.4 Å². The van der Waals surface area contributed by atoms with E-state index in [9.17, 15) is 9.59 Å². The third-order valence-corrected chi connectivity index (χ3v) is 4.58. The predicted octanol–water partition coefficient (Wildman–Crippen LogP) is 4.99. The van der Waals surface area contributed by atoms with E-state index in [0.29, 0.717) is 10.0 Å². The summed E-state index contributed by atoms with van der Waals surface area (Å²) in [6.07, 6.45) is 0.768. The van der Waals surface area contributed by atoms with Gasteiger partial charge in [-0.05, 0) is 36.2 Å². The van der Waals surface area contributed by atoms with E-state index in [1.807, 2.05) is 31.2 Å². The van der Waals surface area contributed by atoms with Gasteiger partial charge in [0.05, 0.1) is 5.69 Å². The maximum absolute atomic E-state index is 12.8. The van der Waals surface area contributed by atoms with Crippen LogP contribution in [0, 0.1) is 0 Å². The third kappa shape index (κ3) is 3.38. The first-order chi connectivity index (χ1) is 11.9. The molecule has 0 spiro atoms. The van der Waals surface area contributed by atoms with E-state index in [4.69, 9.17) is 34.8 Å². The number of carbonyl (C=O) groups excluding carboxylic acids is 2. The zero-order chi connectivity index (χ0) is 18.1. The molecule has 128 valence electrons. The lowest BCUT2D eigenvalue weighted by atomic mass is 10.1. The standard InChI is InChI=1S/C18H13Cl3N2O2/c1-2-10-5-3-4-6-14(10)22-16-15(21)17(24)23(18(16)25)13-8-11(19)7-12(20)9-13/h3-9,22H,2H2,1H3. The fourth-order valence-electron chi connectivity index (χ4n) is 2.60. The van der Waals surface area contributed by atoms with Crippen molar-refractivity contribution in [2.24, 2.45) is 0 Å². The summed E-state index contributed by atoms with van der Waals surface area (Å²) in [5.41, 5.74) is 2.03. The molecule has 0 bridgehead atoms. The number of nitrogens with one attached hydrogen (secondary N) is 1. The summed E-state index contributed by atoms with van der Waals surface area (Å²) in [5.74, 6) is -1.18. The molecule has 0 aliphatic carbocycles. The van der Waals surface area contributed by atoms with Gasteiger partial charge in [0.15, 0.2) is 0 Å². The van der Waals surface area contributed by atoms with E-state index in [0.717, 1.165) is 22.6 Å². The second-order valence-corrected chi connectivity index (χ2v) is 6.65. The summed E-state index contributed by atoms with van der Waals surface area (Å²) in [5, 5.41) is 3.45. The van der Waals surface area contributed by atoms with E-state index in [1.165, 1.54) is 18.2 Å². The Labute approximate surface area is 160 Å². The monoisotopic (exact) mass is 394 g/mol. The average Bonchev–Trinajstić information content (AvgIpc) is 2.78. The van der Waals surface area contributed by atoms with E-state index in [1.54, 1.807) is 0 Å². The van der Waals surface area contributed by atoms with E-state index >= 15 is 0 Å². The summed E-state index contributed by atoms with van der Waals surface area (Å²) in [4.78, 5) is 26.2. The Balaban J connectivity index is 1.97. The normalized spacial score (nSPS) is 14.5. The van der Waals surface area contributed by atoms with Gasteiger partial charge >= 0.3 is 0 Å². The van der Waals surface area contributed by atoms with Crippen molar-refractivity contribution in [3.63, 3.8) is 0 Å². The van der Waals surface area contributed by atoms with Crippen molar-refractivity contribution in [3.05, 3.63) is 68.8 Å². The number of amides is 2. The van der Waals surface area contributed by atoms with Crippen molar-refractivity contribution in [2.75, 3.05) is 10.2 Å². The van der Waals surface area contributed by atoms with Gasteiger partial charge in [0.2, 0.25) is 0 Å². The summed E-state index contributed by atoms with van der Waals surface area (Å²) >= 11 is 18.1. The molecule has 1 heterocycles. The Kier molecular flexibility index (Phi) is 5.04. The molecule has 25 heavy (non-hydrogen) atoms. The van der Waals surface area contributed by atoms with Crippen LogP contribution < -0.4 is 10.2 Å². The number of rotatable bonds is 4. The Hall–Kier alpha value is -2.01. The predicted molar refractivity (Wildman–Crippen MR) is 101 cm³/mol. The Bertz CT molecular complexity index is 889. The lowest BCUT2D eigenvalue weighted by Crippen LogP contribution is -2.32. The SMILES string of the molecule is CCc1ccccc1NC1=C(Cl)C(=O)N(c2cc(Cl)cc(Cl)c2)C1=O. The molecule has 1 aliphatic rings. The molecule has 0 saturated carbocycles. The van der Waals surface area contributed by atoms with Crippen LogP contribution in [0.2, 0.25) is 10.0 Å². The van der Waals surface area contributed by atoms with Gasteiger partial charge in [0, 0.05) is 15.7 Å². The second-order valence-electron chi connectivity index (χ2n) is 5.40. The third-order valence-electron chi connectivity index (χ3n) is 3.79. The molecule has 2 aromatic rings. The van der Waals surface area contributed by atoms with Crippen LogP contribution in [-0.4, -0.2) is 11.8 Å². The number of carbonyl (C=O) groups is 2. The number of imide groups is 1. The molecule has 0 radical (unpaired) electrons. The molecule has 2 amide bonds. The molecule has 1 N–H and O–H groups in total. The van der Waals surface area contributed by atoms with Gasteiger partial charge in [-0.25, -0.2) is 4.90 Å². The molecule has 2 aromatic carbocycles. The molecular weight excluding hydrogens is 383 g/mol. The lowest BCUT2D eigenvalue weighted by molar-refractivity contribution is -0.120. The number of nitrogens with zero attached hydrogens (tertiary/aromatic N) is 1. The van der Waals surface area contributed by atoms with Crippen LogP contribution in [0.3, 0.4) is 0 Å². The fraction of sp³-hybridized carbons (Fsp3) is 0.111. The second kappa shape index (κ2) is 7.08. The molecule has 0 fully saturated rings. The summed E-state index contributed by atoms with van der Waals surface area (Å²) in [6.45, 7) is 2.00. The Morgan fingerprint density at radius 2 is 1.60 bits per heavy atom. The number of para-hydroxylation sites is 1. The van der Waals surface area contributed by atoms with Gasteiger partial charge in [-0.1, -0.05) is 59.9 Å². The molecule has 4 nitrogen and oxygen atoms in total. The largest absolute Gasteiger partial charge is 0.349 e. The van der Waals surface area contributed by atoms with Gasteiger partial charge < -0.3 is 5.32 Å². The molecule has 7 heteroatoms. The van der Waals surface area contributed by atoms with Crippen LogP contribution in [0.5, 0.6) is 0 Å². The van der Waals surface area contributed by atoms with Crippen LogP contribution in [0.15, 0.2) is 53.2 Å². The number of anilines is 2. The summed E-state index contributed by atoms with van der Waals surface area (Å²) in [7, 11) is 0. The molecular formula is C18H13Cl3N2O2. The van der Waals surface area contributed by atoms with Crippen molar-refractivity contribution in [3.8, 4) is 0 Å². The number of halogens is 3. The number of benzene rings is 2. The lowest BCUT2D eigenvalue weighted by Gasteiger charge is -2.16. The van der Waals surface area contributed by atoms with Crippen molar-refractivity contribution in [2.45, 2.75) is 13.3 Å². The summed E-state index contributed by atoms with van der Waals surface area (Å²) in [6, 6.07) is 12.0. The average molecular weight is 396 g/mol. The fourth-order valence-corrected chi connectivity index (χ4v) is 3.33. The zero-order valence-corrected chi connectivity index (χ0v) is 15.4. The first-order valence-corrected chi connectivity index (χ1v) is 8.65. The molecule has 1 aliphatic heterocycles. The van der Waals surface area contributed by atoms with Crippen molar-refractivity contribution < 1.29 is 9.59 Å². The highest BCUT2D eigenvalue weighted by Gasteiger charge is 2.39. The number of hydrogen-bond acceptors (Lipinski definition) is 3. The summed E-state index contributed by atoms with van der Waals surface area (Å²) < 4.78 is 0. The van der Waals surface area contributed by atoms with Gasteiger partial charge in [-0.15, -0.1) is 0 Å². The Morgan fingerprint density at radius 3 is 2.24 bits per heavy atom. The number of hydrogen-bond donors (Lipinski definition) is 1. The minimum absolute atomic E-state index is 0.0312. The molecule has 0 saturated heterocycles. The molecule has 0 aromatic heterocycles. The Morgan fingerprint density at radius 1 is 0.960 bits per heavy atom. The molecule has 0 atom stereocenters. The maximum Gasteiger partial charge on any atom is 0.283 e. The minimum atomic E-state index is -0.624. The van der Waals surface area contributed by atoms with Crippen LogP contribution in [-0.2, 0) is 16.0 Å².